The number of aromatic nitrogens is 2. The smallest absolute Gasteiger partial charge is 0.357 e. The molecule has 0 saturated carbocycles. The largest absolute Gasteiger partial charge is 0.476 e. The Kier molecular flexibility index (Phi) is 2.44. The standard InChI is InChI=1S/C5HCl2FN2O2/c6-3-1(8)2(4(11)12)9-5(7)10-3/h(H,11,12). The Morgan fingerprint density at radius 3 is 2.50 bits per heavy atom. The predicted octanol–water partition coefficient (Wildman–Crippen LogP) is 1.62. The molecule has 0 unspecified atom stereocenters. The van der Waals surface area contributed by atoms with Gasteiger partial charge in [-0.15, -0.1) is 0 Å². The fraction of sp³-hybridized carbons (Fsp3) is 0. The van der Waals surface area contributed by atoms with Gasteiger partial charge in [0.2, 0.25) is 5.28 Å². The van der Waals surface area contributed by atoms with Crippen molar-refractivity contribution in [2.45, 2.75) is 0 Å². The first kappa shape index (κ1) is 9.15. The Morgan fingerprint density at radius 2 is 2.00 bits per heavy atom. The van der Waals surface area contributed by atoms with E-state index < -0.39 is 27.9 Å². The second kappa shape index (κ2) is 3.20. The minimum absolute atomic E-state index is 0.404. The van der Waals surface area contributed by atoms with Crippen molar-refractivity contribution in [1.29, 1.82) is 0 Å². The molecule has 0 atom stereocenters. The number of rotatable bonds is 1. The first-order chi connectivity index (χ1) is 5.52. The SMILES string of the molecule is O=C(O)c1nc(Cl)nc(Cl)c1F. The molecule has 1 N–H and O–H groups in total. The average molecular weight is 211 g/mol. The first-order valence-electron chi connectivity index (χ1n) is 2.64. The lowest BCUT2D eigenvalue weighted by molar-refractivity contribution is 0.0684. The Morgan fingerprint density at radius 1 is 1.42 bits per heavy atom. The van der Waals surface area contributed by atoms with E-state index in [9.17, 15) is 9.18 Å². The van der Waals surface area contributed by atoms with Gasteiger partial charge in [0.05, 0.1) is 0 Å². The third-order valence-electron chi connectivity index (χ3n) is 0.986. The summed E-state index contributed by atoms with van der Waals surface area (Å²) in [5, 5.41) is 7.36. The highest BCUT2D eigenvalue weighted by Gasteiger charge is 2.17. The summed E-state index contributed by atoms with van der Waals surface area (Å²) in [6.45, 7) is 0. The monoisotopic (exact) mass is 210 g/mol. The van der Waals surface area contributed by atoms with E-state index in [4.69, 9.17) is 28.3 Å². The summed E-state index contributed by atoms with van der Waals surface area (Å²) in [4.78, 5) is 16.6. The summed E-state index contributed by atoms with van der Waals surface area (Å²) in [7, 11) is 0. The van der Waals surface area contributed by atoms with E-state index in [0.29, 0.717) is 0 Å². The Bertz CT molecular complexity index is 344. The zero-order chi connectivity index (χ0) is 9.30. The summed E-state index contributed by atoms with van der Waals surface area (Å²) in [5.74, 6) is -2.73. The van der Waals surface area contributed by atoms with Gasteiger partial charge in [-0.1, -0.05) is 11.6 Å². The molecule has 1 aromatic heterocycles. The molecule has 0 amide bonds. The average Bonchev–Trinajstić information content (AvgIpc) is 1.96. The van der Waals surface area contributed by atoms with Gasteiger partial charge in [0.15, 0.2) is 16.7 Å². The number of halogens is 3. The third kappa shape index (κ3) is 1.62. The van der Waals surface area contributed by atoms with Crippen molar-refractivity contribution in [3.8, 4) is 0 Å². The maximum absolute atomic E-state index is 12.7. The van der Waals surface area contributed by atoms with Gasteiger partial charge in [-0.2, -0.15) is 0 Å². The minimum Gasteiger partial charge on any atom is -0.476 e. The van der Waals surface area contributed by atoms with Crippen molar-refractivity contribution in [2.24, 2.45) is 0 Å². The van der Waals surface area contributed by atoms with E-state index >= 15 is 0 Å². The number of carboxylic acid groups (broad SMARTS) is 1. The number of carboxylic acids is 1. The van der Waals surface area contributed by atoms with Crippen molar-refractivity contribution in [3.05, 3.63) is 21.9 Å². The number of aromatic carboxylic acids is 1. The molecule has 0 saturated heterocycles. The van der Waals surface area contributed by atoms with Gasteiger partial charge in [0.25, 0.3) is 0 Å². The molecule has 0 radical (unpaired) electrons. The van der Waals surface area contributed by atoms with Gasteiger partial charge in [-0.05, 0) is 11.6 Å². The van der Waals surface area contributed by atoms with Crippen LogP contribution in [0.15, 0.2) is 0 Å². The Balaban J connectivity index is 3.37. The van der Waals surface area contributed by atoms with Gasteiger partial charge in [-0.3, -0.25) is 0 Å². The van der Waals surface area contributed by atoms with Gasteiger partial charge < -0.3 is 5.11 Å². The van der Waals surface area contributed by atoms with Crippen LogP contribution < -0.4 is 0 Å². The van der Waals surface area contributed by atoms with Crippen molar-refractivity contribution in [3.63, 3.8) is 0 Å². The lowest BCUT2D eigenvalue weighted by atomic mass is 10.4. The lowest BCUT2D eigenvalue weighted by Gasteiger charge is -1.97. The lowest BCUT2D eigenvalue weighted by Crippen LogP contribution is -2.06. The molecule has 64 valence electrons. The second-order valence-corrected chi connectivity index (χ2v) is 2.45. The van der Waals surface area contributed by atoms with E-state index in [0.717, 1.165) is 0 Å². The molecule has 0 fully saturated rings. The van der Waals surface area contributed by atoms with Gasteiger partial charge >= 0.3 is 5.97 Å². The van der Waals surface area contributed by atoms with Crippen molar-refractivity contribution in [2.75, 3.05) is 0 Å². The molecular formula is C5HCl2FN2O2. The zero-order valence-corrected chi connectivity index (χ0v) is 6.90. The second-order valence-electron chi connectivity index (χ2n) is 1.75. The molecule has 0 spiro atoms. The highest BCUT2D eigenvalue weighted by molar-refractivity contribution is 6.32. The molecule has 0 aromatic carbocycles. The highest BCUT2D eigenvalue weighted by atomic mass is 35.5. The Hall–Kier alpha value is -0.940. The maximum atomic E-state index is 12.7. The Labute approximate surface area is 76.0 Å². The normalized spacial score (nSPS) is 9.92. The van der Waals surface area contributed by atoms with Crippen LogP contribution in [-0.2, 0) is 0 Å². The number of nitrogens with zero attached hydrogens (tertiary/aromatic N) is 2. The van der Waals surface area contributed by atoms with E-state index in [1.54, 1.807) is 0 Å². The van der Waals surface area contributed by atoms with Gasteiger partial charge in [-0.25, -0.2) is 19.2 Å². The van der Waals surface area contributed by atoms with Gasteiger partial charge in [0, 0.05) is 0 Å². The first-order valence-corrected chi connectivity index (χ1v) is 3.40. The molecule has 4 nitrogen and oxygen atoms in total. The molecule has 1 rings (SSSR count). The molecular weight excluding hydrogens is 210 g/mol. The molecule has 1 aromatic rings. The number of carbonyl (C=O) groups is 1. The van der Waals surface area contributed by atoms with Crippen LogP contribution in [-0.4, -0.2) is 21.0 Å². The molecule has 12 heavy (non-hydrogen) atoms. The fourth-order valence-corrected chi connectivity index (χ4v) is 0.918. The zero-order valence-electron chi connectivity index (χ0n) is 5.38. The van der Waals surface area contributed by atoms with Crippen LogP contribution in [0.5, 0.6) is 0 Å². The fourth-order valence-electron chi connectivity index (χ4n) is 0.536. The molecule has 1 heterocycles. The molecule has 7 heteroatoms. The van der Waals surface area contributed by atoms with E-state index in [1.165, 1.54) is 0 Å². The summed E-state index contributed by atoms with van der Waals surface area (Å²) in [6, 6.07) is 0. The van der Waals surface area contributed by atoms with Crippen molar-refractivity contribution in [1.82, 2.24) is 9.97 Å². The molecule has 0 aliphatic carbocycles. The van der Waals surface area contributed by atoms with Crippen LogP contribution in [0.3, 0.4) is 0 Å². The molecule has 0 aliphatic heterocycles. The van der Waals surface area contributed by atoms with Crippen molar-refractivity contribution < 1.29 is 14.3 Å². The van der Waals surface area contributed by atoms with Crippen molar-refractivity contribution >= 4 is 29.2 Å². The predicted molar refractivity (Wildman–Crippen MR) is 39.0 cm³/mol. The minimum atomic E-state index is -1.54. The summed E-state index contributed by atoms with van der Waals surface area (Å²) >= 11 is 10.4. The summed E-state index contributed by atoms with van der Waals surface area (Å²) in [6.07, 6.45) is 0. The third-order valence-corrected chi connectivity index (χ3v) is 1.41. The van der Waals surface area contributed by atoms with Crippen LogP contribution in [0.4, 0.5) is 4.39 Å². The number of hydrogen-bond donors (Lipinski definition) is 1. The van der Waals surface area contributed by atoms with Crippen LogP contribution in [0.25, 0.3) is 0 Å². The molecule has 0 aliphatic rings. The highest BCUT2D eigenvalue weighted by Crippen LogP contribution is 2.16. The van der Waals surface area contributed by atoms with E-state index in [1.807, 2.05) is 0 Å². The van der Waals surface area contributed by atoms with E-state index in [2.05, 4.69) is 9.97 Å². The summed E-state index contributed by atoms with van der Waals surface area (Å²) in [5.41, 5.74) is -0.833. The quantitative estimate of drug-likeness (QED) is 0.566. The van der Waals surface area contributed by atoms with Crippen LogP contribution in [0, 0.1) is 5.82 Å². The van der Waals surface area contributed by atoms with Crippen LogP contribution >= 0.6 is 23.2 Å². The number of hydrogen-bond acceptors (Lipinski definition) is 3. The van der Waals surface area contributed by atoms with Gasteiger partial charge in [0.1, 0.15) is 0 Å². The maximum Gasteiger partial charge on any atom is 0.357 e. The van der Waals surface area contributed by atoms with Crippen LogP contribution in [0.2, 0.25) is 10.4 Å². The topological polar surface area (TPSA) is 63.1 Å². The molecule has 0 bridgehead atoms. The van der Waals surface area contributed by atoms with Crippen LogP contribution in [0.1, 0.15) is 10.5 Å². The summed E-state index contributed by atoms with van der Waals surface area (Å²) < 4.78 is 12.7. The van der Waals surface area contributed by atoms with E-state index in [-0.39, 0.29) is 0 Å².